The maximum Gasteiger partial charge on any atom is 0.311 e. The van der Waals surface area contributed by atoms with Gasteiger partial charge >= 0.3 is 5.69 Å². The summed E-state index contributed by atoms with van der Waals surface area (Å²) >= 11 is 0. The normalized spacial score (nSPS) is 10.6. The molecule has 7 nitrogen and oxygen atoms in total. The molecule has 1 rings (SSSR count). The lowest BCUT2D eigenvalue weighted by molar-refractivity contribution is -0.385. The summed E-state index contributed by atoms with van der Waals surface area (Å²) in [5.74, 6) is -0.706. The first-order valence-corrected chi connectivity index (χ1v) is 6.36. The highest BCUT2D eigenvalue weighted by Gasteiger charge is 2.15. The second kappa shape index (κ2) is 10.0. The van der Waals surface area contributed by atoms with E-state index < -0.39 is 10.7 Å². The Morgan fingerprint density at radius 1 is 1.10 bits per heavy atom. The summed E-state index contributed by atoms with van der Waals surface area (Å²) in [6.07, 6.45) is 0. The van der Waals surface area contributed by atoms with E-state index in [4.69, 9.17) is 18.9 Å². The third-order valence-electron chi connectivity index (χ3n) is 2.41. The van der Waals surface area contributed by atoms with Crippen molar-refractivity contribution in [3.05, 3.63) is 34.1 Å². The van der Waals surface area contributed by atoms with Crippen molar-refractivity contribution in [2.24, 2.45) is 0 Å². The molecule has 0 unspecified atom stereocenters. The molecule has 0 saturated heterocycles. The standard InChI is InChI=1S/C13H18FNO6/c1-18-4-5-19-6-7-20-8-9-21-13-10-11(14)2-3-12(13)15(16)17/h2-3,10H,4-9H2,1H3. The Hall–Kier alpha value is -1.77. The number of hydrogen-bond donors (Lipinski definition) is 0. The number of ether oxygens (including phenoxy) is 4. The van der Waals surface area contributed by atoms with Gasteiger partial charge in [0.2, 0.25) is 0 Å². The van der Waals surface area contributed by atoms with Crippen LogP contribution in [0.3, 0.4) is 0 Å². The SMILES string of the molecule is COCCOCCOCCOc1cc(F)ccc1[N+](=O)[O-]. The second-order valence-corrected chi connectivity index (χ2v) is 3.94. The van der Waals surface area contributed by atoms with Gasteiger partial charge in [-0.05, 0) is 6.07 Å². The first kappa shape index (κ1) is 17.3. The third-order valence-corrected chi connectivity index (χ3v) is 2.41. The zero-order valence-electron chi connectivity index (χ0n) is 11.7. The molecule has 0 aliphatic heterocycles. The van der Waals surface area contributed by atoms with Gasteiger partial charge in [-0.3, -0.25) is 10.1 Å². The molecule has 0 aliphatic carbocycles. The van der Waals surface area contributed by atoms with E-state index in [9.17, 15) is 14.5 Å². The smallest absolute Gasteiger partial charge is 0.311 e. The molecule has 118 valence electrons. The van der Waals surface area contributed by atoms with Gasteiger partial charge in [0.15, 0.2) is 5.75 Å². The fourth-order valence-electron chi connectivity index (χ4n) is 1.43. The van der Waals surface area contributed by atoms with Gasteiger partial charge < -0.3 is 18.9 Å². The quantitative estimate of drug-likeness (QED) is 0.352. The topological polar surface area (TPSA) is 80.1 Å². The zero-order chi connectivity index (χ0) is 15.5. The highest BCUT2D eigenvalue weighted by molar-refractivity contribution is 5.46. The van der Waals surface area contributed by atoms with Crippen molar-refractivity contribution >= 4 is 5.69 Å². The van der Waals surface area contributed by atoms with Crippen LogP contribution >= 0.6 is 0 Å². The number of nitro groups is 1. The average molecular weight is 303 g/mol. The second-order valence-electron chi connectivity index (χ2n) is 3.94. The Bertz CT molecular complexity index is 443. The molecule has 0 heterocycles. The molecule has 0 amide bonds. The number of nitro benzene ring substituents is 1. The van der Waals surface area contributed by atoms with E-state index in [0.717, 1.165) is 18.2 Å². The summed E-state index contributed by atoms with van der Waals surface area (Å²) in [6, 6.07) is 3.06. The van der Waals surface area contributed by atoms with Crippen LogP contribution in [-0.2, 0) is 14.2 Å². The van der Waals surface area contributed by atoms with Crippen LogP contribution in [0.5, 0.6) is 5.75 Å². The van der Waals surface area contributed by atoms with Gasteiger partial charge in [-0.2, -0.15) is 0 Å². The lowest BCUT2D eigenvalue weighted by atomic mass is 10.3. The van der Waals surface area contributed by atoms with Gasteiger partial charge in [0.05, 0.1) is 38.0 Å². The molecule has 0 N–H and O–H groups in total. The molecule has 0 bridgehead atoms. The van der Waals surface area contributed by atoms with Gasteiger partial charge in [-0.25, -0.2) is 4.39 Å². The molecule has 1 aromatic carbocycles. The Morgan fingerprint density at radius 3 is 2.33 bits per heavy atom. The molecular formula is C13H18FNO6. The first-order chi connectivity index (χ1) is 10.1. The summed E-state index contributed by atoms with van der Waals surface area (Å²) in [6.45, 7) is 2.11. The van der Waals surface area contributed by atoms with Crippen molar-refractivity contribution in [1.29, 1.82) is 0 Å². The van der Waals surface area contributed by atoms with Crippen molar-refractivity contribution in [2.75, 3.05) is 46.8 Å². The summed E-state index contributed by atoms with van der Waals surface area (Å²) in [5, 5.41) is 10.7. The number of methoxy groups -OCH3 is 1. The Morgan fingerprint density at radius 2 is 1.71 bits per heavy atom. The minimum absolute atomic E-state index is 0.0857. The molecule has 21 heavy (non-hydrogen) atoms. The number of nitrogens with zero attached hydrogens (tertiary/aromatic N) is 1. The van der Waals surface area contributed by atoms with Crippen molar-refractivity contribution in [1.82, 2.24) is 0 Å². The predicted molar refractivity (Wildman–Crippen MR) is 72.1 cm³/mol. The van der Waals surface area contributed by atoms with E-state index in [-0.39, 0.29) is 24.7 Å². The lowest BCUT2D eigenvalue weighted by Gasteiger charge is -2.08. The van der Waals surface area contributed by atoms with Crippen LogP contribution in [0.2, 0.25) is 0 Å². The maximum absolute atomic E-state index is 13.0. The summed E-state index contributed by atoms with van der Waals surface area (Å²) in [5.41, 5.74) is -0.278. The van der Waals surface area contributed by atoms with E-state index in [1.807, 2.05) is 0 Å². The average Bonchev–Trinajstić information content (AvgIpc) is 2.45. The molecule has 1 aromatic rings. The Kier molecular flexibility index (Phi) is 8.25. The Balaban J connectivity index is 2.21. The van der Waals surface area contributed by atoms with Gasteiger partial charge in [-0.1, -0.05) is 0 Å². The number of halogens is 1. The summed E-state index contributed by atoms with van der Waals surface area (Å²) in [4.78, 5) is 10.1. The van der Waals surface area contributed by atoms with Crippen LogP contribution in [0.1, 0.15) is 0 Å². The van der Waals surface area contributed by atoms with Crippen LogP contribution in [-0.4, -0.2) is 51.7 Å². The van der Waals surface area contributed by atoms with E-state index >= 15 is 0 Å². The highest BCUT2D eigenvalue weighted by Crippen LogP contribution is 2.27. The molecule has 0 aromatic heterocycles. The predicted octanol–water partition coefficient (Wildman–Crippen LogP) is 1.79. The number of rotatable bonds is 11. The van der Waals surface area contributed by atoms with Crippen molar-refractivity contribution in [2.45, 2.75) is 0 Å². The molecular weight excluding hydrogens is 285 g/mol. The van der Waals surface area contributed by atoms with Gasteiger partial charge in [-0.15, -0.1) is 0 Å². The molecule has 0 aliphatic rings. The largest absolute Gasteiger partial charge is 0.484 e. The minimum atomic E-state index is -0.626. The molecule has 0 saturated carbocycles. The molecule has 0 radical (unpaired) electrons. The summed E-state index contributed by atoms with van der Waals surface area (Å²) in [7, 11) is 1.59. The minimum Gasteiger partial charge on any atom is -0.484 e. The van der Waals surface area contributed by atoms with Crippen LogP contribution < -0.4 is 4.74 Å². The van der Waals surface area contributed by atoms with Gasteiger partial charge in [0.1, 0.15) is 12.4 Å². The van der Waals surface area contributed by atoms with E-state index in [1.165, 1.54) is 0 Å². The fourth-order valence-corrected chi connectivity index (χ4v) is 1.43. The van der Waals surface area contributed by atoms with Crippen LogP contribution in [0.25, 0.3) is 0 Å². The lowest BCUT2D eigenvalue weighted by Crippen LogP contribution is -2.12. The van der Waals surface area contributed by atoms with Crippen molar-refractivity contribution < 1.29 is 28.3 Å². The molecule has 0 atom stereocenters. The van der Waals surface area contributed by atoms with E-state index in [0.29, 0.717) is 26.4 Å². The van der Waals surface area contributed by atoms with Gasteiger partial charge in [0, 0.05) is 19.2 Å². The third kappa shape index (κ3) is 6.98. The molecule has 8 heteroatoms. The summed E-state index contributed by atoms with van der Waals surface area (Å²) < 4.78 is 33.4. The monoisotopic (exact) mass is 303 g/mol. The van der Waals surface area contributed by atoms with E-state index in [2.05, 4.69) is 0 Å². The number of benzene rings is 1. The van der Waals surface area contributed by atoms with Crippen LogP contribution in [0, 0.1) is 15.9 Å². The Labute approximate surface area is 121 Å². The van der Waals surface area contributed by atoms with Crippen LogP contribution in [0.15, 0.2) is 18.2 Å². The van der Waals surface area contributed by atoms with Crippen molar-refractivity contribution in [3.8, 4) is 5.75 Å². The first-order valence-electron chi connectivity index (χ1n) is 6.36. The van der Waals surface area contributed by atoms with Gasteiger partial charge in [0.25, 0.3) is 0 Å². The zero-order valence-corrected chi connectivity index (χ0v) is 11.7. The molecule has 0 spiro atoms. The van der Waals surface area contributed by atoms with E-state index in [1.54, 1.807) is 7.11 Å². The maximum atomic E-state index is 13.0. The van der Waals surface area contributed by atoms with Crippen molar-refractivity contribution in [3.63, 3.8) is 0 Å². The highest BCUT2D eigenvalue weighted by atomic mass is 19.1. The molecule has 0 fully saturated rings. The fraction of sp³-hybridized carbons (Fsp3) is 0.538. The number of hydrogen-bond acceptors (Lipinski definition) is 6. The van der Waals surface area contributed by atoms with Crippen LogP contribution in [0.4, 0.5) is 10.1 Å².